The van der Waals surface area contributed by atoms with Crippen LogP contribution in [0, 0.1) is 0 Å². The van der Waals surface area contributed by atoms with E-state index in [0.29, 0.717) is 0 Å². The van der Waals surface area contributed by atoms with Gasteiger partial charge in [0.05, 0.1) is 7.11 Å². The maximum absolute atomic E-state index is 5.38. The number of hydrogen-bond acceptors (Lipinski definition) is 2. The standard InChI is InChI=1S/C20H33NO/c1-3-4-5-6-7-8-9-10-11-15-18-21-20(22-2)19-16-13-12-14-17-19/h12-14,16-17H,3-11,15,18H2,1-2H3. The first-order valence-corrected chi connectivity index (χ1v) is 9.02. The fourth-order valence-electron chi connectivity index (χ4n) is 2.63. The van der Waals surface area contributed by atoms with Crippen molar-refractivity contribution in [2.24, 2.45) is 4.99 Å². The predicted octanol–water partition coefficient (Wildman–Crippen LogP) is 6.00. The Morgan fingerprint density at radius 1 is 0.818 bits per heavy atom. The largest absolute Gasteiger partial charge is 0.481 e. The molecule has 1 aromatic rings. The Kier molecular flexibility index (Phi) is 11.4. The summed E-state index contributed by atoms with van der Waals surface area (Å²) in [6, 6.07) is 10.1. The molecule has 0 aliphatic carbocycles. The zero-order chi connectivity index (χ0) is 15.9. The molecule has 0 radical (unpaired) electrons. The van der Waals surface area contributed by atoms with Crippen LogP contribution in [0.1, 0.15) is 76.7 Å². The normalized spacial score (nSPS) is 11.6. The lowest BCUT2D eigenvalue weighted by atomic mass is 10.1. The third-order valence-electron chi connectivity index (χ3n) is 3.98. The van der Waals surface area contributed by atoms with Gasteiger partial charge in [-0.25, -0.2) is 0 Å². The summed E-state index contributed by atoms with van der Waals surface area (Å²) in [5, 5.41) is 0. The van der Waals surface area contributed by atoms with E-state index in [-0.39, 0.29) is 0 Å². The summed E-state index contributed by atoms with van der Waals surface area (Å²) in [5.74, 6) is 0.761. The summed E-state index contributed by atoms with van der Waals surface area (Å²) in [6.07, 6.45) is 13.6. The number of unbranched alkanes of at least 4 members (excludes halogenated alkanes) is 9. The van der Waals surface area contributed by atoms with Crippen molar-refractivity contribution in [1.29, 1.82) is 0 Å². The number of ether oxygens (including phenoxy) is 1. The minimum atomic E-state index is 0.761. The summed E-state index contributed by atoms with van der Waals surface area (Å²) >= 11 is 0. The first-order valence-electron chi connectivity index (χ1n) is 9.02. The number of aliphatic imine (C=N–C) groups is 1. The van der Waals surface area contributed by atoms with Crippen molar-refractivity contribution in [3.63, 3.8) is 0 Å². The average molecular weight is 303 g/mol. The molecular formula is C20H33NO. The van der Waals surface area contributed by atoms with E-state index in [2.05, 4.69) is 11.9 Å². The van der Waals surface area contributed by atoms with Crippen molar-refractivity contribution >= 4 is 5.90 Å². The highest BCUT2D eigenvalue weighted by atomic mass is 16.5. The second-order valence-corrected chi connectivity index (χ2v) is 5.94. The monoisotopic (exact) mass is 303 g/mol. The van der Waals surface area contributed by atoms with Gasteiger partial charge in [0.2, 0.25) is 5.90 Å². The molecule has 0 aliphatic heterocycles. The Morgan fingerprint density at radius 3 is 1.91 bits per heavy atom. The van der Waals surface area contributed by atoms with Gasteiger partial charge in [-0.05, 0) is 18.6 Å². The molecule has 0 fully saturated rings. The van der Waals surface area contributed by atoms with Gasteiger partial charge >= 0.3 is 0 Å². The van der Waals surface area contributed by atoms with Crippen LogP contribution in [0.5, 0.6) is 0 Å². The van der Waals surface area contributed by atoms with Gasteiger partial charge in [0.15, 0.2) is 0 Å². The smallest absolute Gasteiger partial charge is 0.215 e. The Labute approximate surface area is 137 Å². The fraction of sp³-hybridized carbons (Fsp3) is 0.650. The molecule has 2 nitrogen and oxygen atoms in total. The van der Waals surface area contributed by atoms with E-state index >= 15 is 0 Å². The minimum absolute atomic E-state index is 0.761. The Hall–Kier alpha value is -1.31. The van der Waals surface area contributed by atoms with E-state index in [1.165, 1.54) is 57.8 Å². The van der Waals surface area contributed by atoms with Crippen LogP contribution < -0.4 is 0 Å². The topological polar surface area (TPSA) is 21.6 Å². The van der Waals surface area contributed by atoms with Gasteiger partial charge in [-0.15, -0.1) is 0 Å². The van der Waals surface area contributed by atoms with Crippen molar-refractivity contribution in [3.05, 3.63) is 35.9 Å². The Morgan fingerprint density at radius 2 is 1.36 bits per heavy atom. The number of hydrogen-bond donors (Lipinski definition) is 0. The molecule has 0 aromatic heterocycles. The number of rotatable bonds is 12. The molecule has 0 spiro atoms. The summed E-state index contributed by atoms with van der Waals surface area (Å²) in [6.45, 7) is 3.14. The molecule has 1 rings (SSSR count). The number of benzene rings is 1. The summed E-state index contributed by atoms with van der Waals surface area (Å²) < 4.78 is 5.38. The highest BCUT2D eigenvalue weighted by Gasteiger charge is 2.01. The molecule has 1 aromatic carbocycles. The first kappa shape index (κ1) is 18.7. The molecule has 0 unspecified atom stereocenters. The molecule has 0 saturated carbocycles. The minimum Gasteiger partial charge on any atom is -0.481 e. The molecule has 0 aliphatic rings. The molecule has 22 heavy (non-hydrogen) atoms. The van der Waals surface area contributed by atoms with Crippen molar-refractivity contribution in [3.8, 4) is 0 Å². The molecule has 2 heteroatoms. The van der Waals surface area contributed by atoms with Crippen LogP contribution in [0.3, 0.4) is 0 Å². The van der Waals surface area contributed by atoms with E-state index in [1.807, 2.05) is 30.3 Å². The second kappa shape index (κ2) is 13.4. The van der Waals surface area contributed by atoms with E-state index < -0.39 is 0 Å². The molecule has 0 atom stereocenters. The SMILES string of the molecule is CCCCCCCCCCCCN=C(OC)c1ccccc1. The third kappa shape index (κ3) is 8.86. The zero-order valence-electron chi connectivity index (χ0n) is 14.5. The van der Waals surface area contributed by atoms with Gasteiger partial charge in [0, 0.05) is 12.1 Å². The molecule has 0 bridgehead atoms. The molecule has 124 valence electrons. The quantitative estimate of drug-likeness (QED) is 0.263. The Balaban J connectivity index is 2.03. The summed E-state index contributed by atoms with van der Waals surface area (Å²) in [4.78, 5) is 4.57. The number of methoxy groups -OCH3 is 1. The lowest BCUT2D eigenvalue weighted by Gasteiger charge is -2.05. The average Bonchev–Trinajstić information content (AvgIpc) is 2.57. The van der Waals surface area contributed by atoms with E-state index in [0.717, 1.165) is 24.4 Å². The van der Waals surface area contributed by atoms with Crippen LogP contribution in [-0.4, -0.2) is 19.6 Å². The summed E-state index contributed by atoms with van der Waals surface area (Å²) in [7, 11) is 1.70. The van der Waals surface area contributed by atoms with Crippen LogP contribution in [-0.2, 0) is 4.74 Å². The van der Waals surface area contributed by atoms with Gasteiger partial charge in [0.1, 0.15) is 0 Å². The molecule has 0 amide bonds. The van der Waals surface area contributed by atoms with E-state index in [9.17, 15) is 0 Å². The Bertz CT molecular complexity index is 386. The van der Waals surface area contributed by atoms with Crippen LogP contribution in [0.4, 0.5) is 0 Å². The number of nitrogens with zero attached hydrogens (tertiary/aromatic N) is 1. The van der Waals surface area contributed by atoms with Gasteiger partial charge in [0.25, 0.3) is 0 Å². The molecule has 0 saturated heterocycles. The fourth-order valence-corrected chi connectivity index (χ4v) is 2.63. The van der Waals surface area contributed by atoms with Gasteiger partial charge < -0.3 is 4.74 Å². The van der Waals surface area contributed by atoms with Crippen molar-refractivity contribution < 1.29 is 4.74 Å². The van der Waals surface area contributed by atoms with Crippen molar-refractivity contribution in [2.45, 2.75) is 71.1 Å². The molecule has 0 N–H and O–H groups in total. The van der Waals surface area contributed by atoms with E-state index in [1.54, 1.807) is 7.11 Å². The van der Waals surface area contributed by atoms with Gasteiger partial charge in [-0.1, -0.05) is 82.9 Å². The van der Waals surface area contributed by atoms with E-state index in [4.69, 9.17) is 4.74 Å². The van der Waals surface area contributed by atoms with Crippen LogP contribution in [0.15, 0.2) is 35.3 Å². The first-order chi connectivity index (χ1) is 10.9. The van der Waals surface area contributed by atoms with Crippen LogP contribution >= 0.6 is 0 Å². The summed E-state index contributed by atoms with van der Waals surface area (Å²) in [5.41, 5.74) is 1.07. The van der Waals surface area contributed by atoms with Gasteiger partial charge in [-0.2, -0.15) is 0 Å². The van der Waals surface area contributed by atoms with Crippen molar-refractivity contribution in [1.82, 2.24) is 0 Å². The highest BCUT2D eigenvalue weighted by molar-refractivity contribution is 5.93. The van der Waals surface area contributed by atoms with Crippen molar-refractivity contribution in [2.75, 3.05) is 13.7 Å². The second-order valence-electron chi connectivity index (χ2n) is 5.94. The predicted molar refractivity (Wildman–Crippen MR) is 96.7 cm³/mol. The third-order valence-corrected chi connectivity index (χ3v) is 3.98. The lowest BCUT2D eigenvalue weighted by molar-refractivity contribution is 0.402. The van der Waals surface area contributed by atoms with Crippen LogP contribution in [0.25, 0.3) is 0 Å². The van der Waals surface area contributed by atoms with Gasteiger partial charge in [-0.3, -0.25) is 4.99 Å². The molecule has 0 heterocycles. The molecular weight excluding hydrogens is 270 g/mol. The lowest BCUT2D eigenvalue weighted by Crippen LogP contribution is -2.04. The maximum Gasteiger partial charge on any atom is 0.215 e. The van der Waals surface area contributed by atoms with Crippen LogP contribution in [0.2, 0.25) is 0 Å². The highest BCUT2D eigenvalue weighted by Crippen LogP contribution is 2.10. The maximum atomic E-state index is 5.38. The zero-order valence-corrected chi connectivity index (χ0v) is 14.5.